The summed E-state index contributed by atoms with van der Waals surface area (Å²) in [5, 5.41) is 13.5. The van der Waals surface area contributed by atoms with Crippen LogP contribution in [0.2, 0.25) is 0 Å². The minimum Gasteiger partial charge on any atom is -0.507 e. The number of nitrogens with one attached hydrogen (secondary N) is 1. The fourth-order valence-electron chi connectivity index (χ4n) is 2.87. The monoisotopic (exact) mass is 387 g/mol. The molecule has 1 heterocycles. The molecule has 2 aromatic rings. The van der Waals surface area contributed by atoms with Gasteiger partial charge in [-0.1, -0.05) is 24.6 Å². The van der Waals surface area contributed by atoms with E-state index in [-0.39, 0.29) is 16.2 Å². The summed E-state index contributed by atoms with van der Waals surface area (Å²) in [7, 11) is -3.61. The van der Waals surface area contributed by atoms with Gasteiger partial charge in [0.25, 0.3) is 5.91 Å². The van der Waals surface area contributed by atoms with Crippen LogP contribution in [0.5, 0.6) is 5.75 Å². The number of hydrogen-bond donors (Lipinski definition) is 2. The molecular formula is C19H21N3O4S. The first kappa shape index (κ1) is 19.1. The van der Waals surface area contributed by atoms with Gasteiger partial charge in [-0.2, -0.15) is 9.41 Å². The fourth-order valence-corrected chi connectivity index (χ4v) is 4.44. The molecule has 1 saturated heterocycles. The molecule has 0 bridgehead atoms. The van der Waals surface area contributed by atoms with Gasteiger partial charge in [0.05, 0.1) is 11.1 Å². The van der Waals surface area contributed by atoms with Crippen molar-refractivity contribution in [1.82, 2.24) is 9.73 Å². The summed E-state index contributed by atoms with van der Waals surface area (Å²) in [4.78, 5) is 12.4. The summed E-state index contributed by atoms with van der Waals surface area (Å²) in [6, 6.07) is 12.5. The molecule has 0 aromatic heterocycles. The summed E-state index contributed by atoms with van der Waals surface area (Å²) in [6.45, 7) is 1.01. The Kier molecular flexibility index (Phi) is 5.88. The molecule has 1 aliphatic heterocycles. The van der Waals surface area contributed by atoms with Crippen LogP contribution in [-0.2, 0) is 10.0 Å². The Morgan fingerprint density at radius 1 is 1.07 bits per heavy atom. The second kappa shape index (κ2) is 8.32. The Labute approximate surface area is 158 Å². The number of hydrazone groups is 1. The topological polar surface area (TPSA) is 99.1 Å². The molecule has 7 nitrogen and oxygen atoms in total. The van der Waals surface area contributed by atoms with Crippen molar-refractivity contribution in [1.29, 1.82) is 0 Å². The van der Waals surface area contributed by atoms with Crippen LogP contribution >= 0.6 is 0 Å². The predicted octanol–water partition coefficient (Wildman–Crippen LogP) is 2.33. The molecule has 3 rings (SSSR count). The number of phenols is 1. The average Bonchev–Trinajstić information content (AvgIpc) is 2.70. The molecule has 2 N–H and O–H groups in total. The third-order valence-corrected chi connectivity index (χ3v) is 6.25. The van der Waals surface area contributed by atoms with Crippen LogP contribution in [0.1, 0.15) is 35.2 Å². The van der Waals surface area contributed by atoms with Gasteiger partial charge in [-0.15, -0.1) is 0 Å². The lowest BCUT2D eigenvalue weighted by atomic mass is 10.2. The number of carbonyl (C=O) groups is 1. The van der Waals surface area contributed by atoms with Crippen molar-refractivity contribution in [3.05, 3.63) is 59.7 Å². The number of carbonyl (C=O) groups excluding carboxylic acids is 1. The molecule has 2 aromatic carbocycles. The van der Waals surface area contributed by atoms with Gasteiger partial charge in [-0.05, 0) is 43.2 Å². The highest BCUT2D eigenvalue weighted by Gasteiger charge is 2.26. The van der Waals surface area contributed by atoms with Crippen LogP contribution < -0.4 is 5.43 Å². The van der Waals surface area contributed by atoms with Crippen LogP contribution in [0.3, 0.4) is 0 Å². The van der Waals surface area contributed by atoms with Gasteiger partial charge in [-0.25, -0.2) is 13.8 Å². The molecule has 0 saturated carbocycles. The van der Waals surface area contributed by atoms with Crippen LogP contribution in [0.25, 0.3) is 0 Å². The number of benzene rings is 2. The highest BCUT2D eigenvalue weighted by Crippen LogP contribution is 2.21. The lowest BCUT2D eigenvalue weighted by Gasteiger charge is -2.25. The SMILES string of the molecule is O=C(N/N=C/c1ccccc1O)c1cccc(S(=O)(=O)N2CCCCC2)c1. The molecule has 0 aliphatic carbocycles. The van der Waals surface area contributed by atoms with Gasteiger partial charge in [0.1, 0.15) is 5.75 Å². The Bertz CT molecular complexity index is 951. The van der Waals surface area contributed by atoms with Crippen LogP contribution in [-0.4, -0.2) is 43.0 Å². The maximum absolute atomic E-state index is 12.7. The number of para-hydroxylation sites is 1. The minimum atomic E-state index is -3.61. The van der Waals surface area contributed by atoms with Crippen molar-refractivity contribution in [2.75, 3.05) is 13.1 Å². The van der Waals surface area contributed by atoms with Gasteiger partial charge in [0, 0.05) is 24.2 Å². The molecule has 0 unspecified atom stereocenters. The number of rotatable bonds is 5. The van der Waals surface area contributed by atoms with E-state index in [2.05, 4.69) is 10.5 Å². The number of piperidine rings is 1. The second-order valence-corrected chi connectivity index (χ2v) is 8.19. The molecule has 8 heteroatoms. The van der Waals surface area contributed by atoms with E-state index in [1.54, 1.807) is 24.3 Å². The van der Waals surface area contributed by atoms with E-state index in [1.165, 1.54) is 34.8 Å². The molecule has 142 valence electrons. The number of sulfonamides is 1. The van der Waals surface area contributed by atoms with E-state index >= 15 is 0 Å². The van der Waals surface area contributed by atoms with E-state index in [9.17, 15) is 18.3 Å². The Morgan fingerprint density at radius 3 is 2.56 bits per heavy atom. The molecule has 0 radical (unpaired) electrons. The lowest BCUT2D eigenvalue weighted by molar-refractivity contribution is 0.0955. The molecule has 0 spiro atoms. The van der Waals surface area contributed by atoms with Crippen molar-refractivity contribution < 1.29 is 18.3 Å². The van der Waals surface area contributed by atoms with Gasteiger partial charge in [0.15, 0.2) is 0 Å². The Hall–Kier alpha value is -2.71. The number of aromatic hydroxyl groups is 1. The second-order valence-electron chi connectivity index (χ2n) is 6.25. The van der Waals surface area contributed by atoms with Crippen molar-refractivity contribution >= 4 is 22.1 Å². The zero-order chi connectivity index (χ0) is 19.3. The standard InChI is InChI=1S/C19H21N3O4S/c23-18-10-3-2-7-16(18)14-20-21-19(24)15-8-6-9-17(13-15)27(25,26)22-11-4-1-5-12-22/h2-3,6-10,13-14,23H,1,4-5,11-12H2,(H,21,24)/b20-14+. The van der Waals surface area contributed by atoms with Crippen LogP contribution in [0.15, 0.2) is 58.5 Å². The summed E-state index contributed by atoms with van der Waals surface area (Å²) < 4.78 is 26.9. The average molecular weight is 387 g/mol. The van der Waals surface area contributed by atoms with E-state index in [4.69, 9.17) is 0 Å². The van der Waals surface area contributed by atoms with Crippen molar-refractivity contribution in [3.8, 4) is 5.75 Å². The summed E-state index contributed by atoms with van der Waals surface area (Å²) in [5.41, 5.74) is 3.00. The van der Waals surface area contributed by atoms with E-state index in [1.807, 2.05) is 0 Å². The summed E-state index contributed by atoms with van der Waals surface area (Å²) >= 11 is 0. The minimum absolute atomic E-state index is 0.0464. The largest absolute Gasteiger partial charge is 0.507 e. The van der Waals surface area contributed by atoms with Gasteiger partial charge >= 0.3 is 0 Å². The molecule has 27 heavy (non-hydrogen) atoms. The molecular weight excluding hydrogens is 366 g/mol. The van der Waals surface area contributed by atoms with Gasteiger partial charge in [-0.3, -0.25) is 4.79 Å². The van der Waals surface area contributed by atoms with E-state index in [0.717, 1.165) is 19.3 Å². The zero-order valence-corrected chi connectivity index (χ0v) is 15.5. The normalized spacial score (nSPS) is 15.7. The molecule has 0 atom stereocenters. The summed E-state index contributed by atoms with van der Waals surface area (Å²) in [6.07, 6.45) is 4.05. The number of amides is 1. The predicted molar refractivity (Wildman–Crippen MR) is 102 cm³/mol. The van der Waals surface area contributed by atoms with Crippen molar-refractivity contribution in [2.24, 2.45) is 5.10 Å². The van der Waals surface area contributed by atoms with Gasteiger partial charge < -0.3 is 5.11 Å². The number of nitrogens with zero attached hydrogens (tertiary/aromatic N) is 2. The summed E-state index contributed by atoms with van der Waals surface area (Å²) in [5.74, 6) is -0.484. The fraction of sp³-hybridized carbons (Fsp3) is 0.263. The molecule has 1 aliphatic rings. The molecule has 1 amide bonds. The third kappa shape index (κ3) is 4.53. The quantitative estimate of drug-likeness (QED) is 0.608. The van der Waals surface area contributed by atoms with Gasteiger partial charge in [0.2, 0.25) is 10.0 Å². The lowest BCUT2D eigenvalue weighted by Crippen LogP contribution is -2.35. The first-order valence-electron chi connectivity index (χ1n) is 8.70. The Morgan fingerprint density at radius 2 is 1.81 bits per heavy atom. The Balaban J connectivity index is 1.73. The molecule has 1 fully saturated rings. The first-order chi connectivity index (χ1) is 13.0. The smallest absolute Gasteiger partial charge is 0.271 e. The highest BCUT2D eigenvalue weighted by atomic mass is 32.2. The first-order valence-corrected chi connectivity index (χ1v) is 10.1. The van der Waals surface area contributed by atoms with Crippen LogP contribution in [0.4, 0.5) is 0 Å². The zero-order valence-electron chi connectivity index (χ0n) is 14.7. The van der Waals surface area contributed by atoms with E-state index in [0.29, 0.717) is 18.7 Å². The van der Waals surface area contributed by atoms with E-state index < -0.39 is 15.9 Å². The van der Waals surface area contributed by atoms with Crippen molar-refractivity contribution in [2.45, 2.75) is 24.2 Å². The number of hydrogen-bond acceptors (Lipinski definition) is 5. The third-order valence-electron chi connectivity index (χ3n) is 4.36. The highest BCUT2D eigenvalue weighted by molar-refractivity contribution is 7.89. The maximum atomic E-state index is 12.7. The van der Waals surface area contributed by atoms with Crippen LogP contribution in [0, 0.1) is 0 Å². The maximum Gasteiger partial charge on any atom is 0.271 e. The van der Waals surface area contributed by atoms with Crippen molar-refractivity contribution in [3.63, 3.8) is 0 Å². The number of phenolic OH excluding ortho intramolecular Hbond substituents is 1.